The van der Waals surface area contributed by atoms with Crippen molar-refractivity contribution in [1.82, 2.24) is 5.32 Å². The SMILES string of the molecule is CCOc1ccccc1OCC(=O)NC(C)(C)CN. The number of carbonyl (C=O) groups is 1. The highest BCUT2D eigenvalue weighted by Gasteiger charge is 2.18. The quantitative estimate of drug-likeness (QED) is 0.780. The van der Waals surface area contributed by atoms with Gasteiger partial charge in [0.2, 0.25) is 0 Å². The van der Waals surface area contributed by atoms with Gasteiger partial charge in [-0.15, -0.1) is 0 Å². The van der Waals surface area contributed by atoms with Crippen LogP contribution in [0.1, 0.15) is 20.8 Å². The molecule has 0 saturated heterocycles. The third-order valence-corrected chi connectivity index (χ3v) is 2.50. The Kier molecular flexibility index (Phi) is 5.63. The number of hydrogen-bond donors (Lipinski definition) is 2. The van der Waals surface area contributed by atoms with E-state index in [1.54, 1.807) is 12.1 Å². The fraction of sp³-hybridized carbons (Fsp3) is 0.500. The molecule has 1 aromatic carbocycles. The van der Waals surface area contributed by atoms with E-state index in [9.17, 15) is 4.79 Å². The minimum Gasteiger partial charge on any atom is -0.490 e. The van der Waals surface area contributed by atoms with Crippen LogP contribution in [-0.2, 0) is 4.79 Å². The Labute approximate surface area is 114 Å². The molecule has 3 N–H and O–H groups in total. The number of benzene rings is 1. The second kappa shape index (κ2) is 6.99. The summed E-state index contributed by atoms with van der Waals surface area (Å²) >= 11 is 0. The topological polar surface area (TPSA) is 73.6 Å². The van der Waals surface area contributed by atoms with Crippen molar-refractivity contribution in [1.29, 1.82) is 0 Å². The lowest BCUT2D eigenvalue weighted by Crippen LogP contribution is -2.50. The number of carbonyl (C=O) groups excluding carboxylic acids is 1. The van der Waals surface area contributed by atoms with Crippen LogP contribution in [0.15, 0.2) is 24.3 Å². The highest BCUT2D eigenvalue weighted by Crippen LogP contribution is 2.26. The Morgan fingerprint density at radius 1 is 1.26 bits per heavy atom. The van der Waals surface area contributed by atoms with Crippen molar-refractivity contribution in [3.8, 4) is 11.5 Å². The van der Waals surface area contributed by atoms with Gasteiger partial charge in [-0.2, -0.15) is 0 Å². The highest BCUT2D eigenvalue weighted by molar-refractivity contribution is 5.78. The minimum atomic E-state index is -0.431. The van der Waals surface area contributed by atoms with Crippen LogP contribution in [0, 0.1) is 0 Å². The van der Waals surface area contributed by atoms with Crippen LogP contribution in [-0.4, -0.2) is 31.2 Å². The number of para-hydroxylation sites is 2. The maximum atomic E-state index is 11.7. The third-order valence-electron chi connectivity index (χ3n) is 2.50. The lowest BCUT2D eigenvalue weighted by molar-refractivity contribution is -0.124. The summed E-state index contributed by atoms with van der Waals surface area (Å²) in [5.74, 6) is 0.989. The molecule has 0 bridgehead atoms. The lowest BCUT2D eigenvalue weighted by atomic mass is 10.1. The van der Waals surface area contributed by atoms with Crippen molar-refractivity contribution in [3.05, 3.63) is 24.3 Å². The molecule has 0 heterocycles. The molecule has 1 rings (SSSR count). The van der Waals surface area contributed by atoms with Crippen molar-refractivity contribution >= 4 is 5.91 Å². The summed E-state index contributed by atoms with van der Waals surface area (Å²) < 4.78 is 10.9. The van der Waals surface area contributed by atoms with E-state index >= 15 is 0 Å². The number of nitrogens with one attached hydrogen (secondary N) is 1. The molecule has 1 amide bonds. The van der Waals surface area contributed by atoms with Gasteiger partial charge in [0, 0.05) is 12.1 Å². The van der Waals surface area contributed by atoms with Gasteiger partial charge in [-0.1, -0.05) is 12.1 Å². The molecule has 106 valence electrons. The van der Waals surface area contributed by atoms with Crippen molar-refractivity contribution in [2.24, 2.45) is 5.73 Å². The normalized spacial score (nSPS) is 10.9. The number of hydrogen-bond acceptors (Lipinski definition) is 4. The second-order valence-corrected chi connectivity index (χ2v) is 4.80. The number of rotatable bonds is 7. The largest absolute Gasteiger partial charge is 0.490 e. The van der Waals surface area contributed by atoms with E-state index in [1.165, 1.54) is 0 Å². The maximum Gasteiger partial charge on any atom is 0.258 e. The van der Waals surface area contributed by atoms with Crippen LogP contribution in [0.4, 0.5) is 0 Å². The molecule has 0 atom stereocenters. The summed E-state index contributed by atoms with van der Waals surface area (Å²) in [6.07, 6.45) is 0. The standard InChI is InChI=1S/C14H22N2O3/c1-4-18-11-7-5-6-8-12(11)19-9-13(17)16-14(2,3)10-15/h5-8H,4,9-10,15H2,1-3H3,(H,16,17). The molecule has 0 unspecified atom stereocenters. The van der Waals surface area contributed by atoms with Crippen LogP contribution in [0.2, 0.25) is 0 Å². The molecule has 0 aliphatic rings. The second-order valence-electron chi connectivity index (χ2n) is 4.80. The zero-order valence-electron chi connectivity index (χ0n) is 11.7. The average molecular weight is 266 g/mol. The molecule has 0 aliphatic heterocycles. The van der Waals surface area contributed by atoms with Crippen molar-refractivity contribution in [2.45, 2.75) is 26.3 Å². The molecule has 0 aliphatic carbocycles. The predicted molar refractivity (Wildman–Crippen MR) is 74.4 cm³/mol. The van der Waals surface area contributed by atoms with Gasteiger partial charge < -0.3 is 20.5 Å². The zero-order valence-corrected chi connectivity index (χ0v) is 11.7. The van der Waals surface area contributed by atoms with Crippen LogP contribution in [0.5, 0.6) is 11.5 Å². The maximum absolute atomic E-state index is 11.7. The Morgan fingerprint density at radius 3 is 2.37 bits per heavy atom. The fourth-order valence-electron chi connectivity index (χ4n) is 1.45. The summed E-state index contributed by atoms with van der Waals surface area (Å²) in [5, 5.41) is 2.80. The third kappa shape index (κ3) is 5.18. The first-order valence-corrected chi connectivity index (χ1v) is 6.34. The first kappa shape index (κ1) is 15.3. The Morgan fingerprint density at radius 2 is 1.84 bits per heavy atom. The molecule has 0 spiro atoms. The molecule has 0 aromatic heterocycles. The molecular weight excluding hydrogens is 244 g/mol. The van der Waals surface area contributed by atoms with Gasteiger partial charge in [0.1, 0.15) is 0 Å². The zero-order chi connectivity index (χ0) is 14.3. The van der Waals surface area contributed by atoms with E-state index in [0.717, 1.165) is 0 Å². The number of nitrogens with two attached hydrogens (primary N) is 1. The van der Waals surface area contributed by atoms with Gasteiger partial charge in [-0.3, -0.25) is 4.79 Å². The van der Waals surface area contributed by atoms with E-state index in [0.29, 0.717) is 24.7 Å². The summed E-state index contributed by atoms with van der Waals surface area (Å²) in [6.45, 7) is 6.47. The fourth-order valence-corrected chi connectivity index (χ4v) is 1.45. The molecule has 0 fully saturated rings. The predicted octanol–water partition coefficient (Wildman–Crippen LogP) is 1.32. The van der Waals surface area contributed by atoms with Crippen LogP contribution in [0.25, 0.3) is 0 Å². The smallest absolute Gasteiger partial charge is 0.258 e. The van der Waals surface area contributed by atoms with Gasteiger partial charge in [0.15, 0.2) is 18.1 Å². The van der Waals surface area contributed by atoms with Gasteiger partial charge >= 0.3 is 0 Å². The number of amides is 1. The molecular formula is C14H22N2O3. The molecule has 0 saturated carbocycles. The molecule has 1 aromatic rings. The molecule has 5 nitrogen and oxygen atoms in total. The first-order chi connectivity index (χ1) is 8.98. The van der Waals surface area contributed by atoms with Crippen LogP contribution >= 0.6 is 0 Å². The Bertz CT molecular complexity index is 419. The van der Waals surface area contributed by atoms with Crippen LogP contribution in [0.3, 0.4) is 0 Å². The van der Waals surface area contributed by atoms with E-state index in [1.807, 2.05) is 32.9 Å². The molecule has 19 heavy (non-hydrogen) atoms. The van der Waals surface area contributed by atoms with Crippen molar-refractivity contribution in [3.63, 3.8) is 0 Å². The first-order valence-electron chi connectivity index (χ1n) is 6.34. The van der Waals surface area contributed by atoms with Crippen LogP contribution < -0.4 is 20.5 Å². The Balaban J connectivity index is 2.55. The van der Waals surface area contributed by atoms with Gasteiger partial charge in [0.05, 0.1) is 6.61 Å². The van der Waals surface area contributed by atoms with E-state index in [2.05, 4.69) is 5.32 Å². The van der Waals surface area contributed by atoms with Gasteiger partial charge in [-0.05, 0) is 32.9 Å². The summed E-state index contributed by atoms with van der Waals surface area (Å²) in [4.78, 5) is 11.7. The molecule has 5 heteroatoms. The number of ether oxygens (including phenoxy) is 2. The van der Waals surface area contributed by atoms with Crippen molar-refractivity contribution < 1.29 is 14.3 Å². The minimum absolute atomic E-state index is 0.0620. The average Bonchev–Trinajstić information content (AvgIpc) is 2.38. The van der Waals surface area contributed by atoms with E-state index < -0.39 is 5.54 Å². The highest BCUT2D eigenvalue weighted by atomic mass is 16.5. The van der Waals surface area contributed by atoms with E-state index in [-0.39, 0.29) is 12.5 Å². The Hall–Kier alpha value is -1.75. The van der Waals surface area contributed by atoms with Gasteiger partial charge in [-0.25, -0.2) is 0 Å². The summed E-state index contributed by atoms with van der Waals surface area (Å²) in [7, 11) is 0. The van der Waals surface area contributed by atoms with Crippen molar-refractivity contribution in [2.75, 3.05) is 19.8 Å². The molecule has 0 radical (unpaired) electrons. The summed E-state index contributed by atoms with van der Waals surface area (Å²) in [5.41, 5.74) is 5.12. The monoisotopic (exact) mass is 266 g/mol. The lowest BCUT2D eigenvalue weighted by Gasteiger charge is -2.24. The summed E-state index contributed by atoms with van der Waals surface area (Å²) in [6, 6.07) is 7.27. The van der Waals surface area contributed by atoms with E-state index in [4.69, 9.17) is 15.2 Å². The van der Waals surface area contributed by atoms with Gasteiger partial charge in [0.25, 0.3) is 5.91 Å².